The van der Waals surface area contributed by atoms with Crippen LogP contribution in [0.1, 0.15) is 16.1 Å². The first-order valence-corrected chi connectivity index (χ1v) is 8.86. The van der Waals surface area contributed by atoms with Crippen molar-refractivity contribution >= 4 is 16.9 Å². The van der Waals surface area contributed by atoms with Gasteiger partial charge >= 0.3 is 5.97 Å². The lowest BCUT2D eigenvalue weighted by atomic mass is 10.1. The summed E-state index contributed by atoms with van der Waals surface area (Å²) >= 11 is 0. The predicted molar refractivity (Wildman–Crippen MR) is 107 cm³/mol. The molecule has 0 saturated heterocycles. The first-order valence-electron chi connectivity index (χ1n) is 8.86. The minimum Gasteiger partial charge on any atom is -0.505 e. The maximum absolute atomic E-state index is 13.3. The van der Waals surface area contributed by atoms with E-state index in [1.165, 1.54) is 17.9 Å². The minimum atomic E-state index is -0.756. The average Bonchev–Trinajstić information content (AvgIpc) is 3.16. The van der Waals surface area contributed by atoms with Gasteiger partial charge in [0, 0.05) is 24.2 Å². The zero-order valence-electron chi connectivity index (χ0n) is 15.9. The largest absolute Gasteiger partial charge is 0.505 e. The third kappa shape index (κ3) is 3.25. The number of aromatic hydroxyl groups is 1. The monoisotopic (exact) mass is 390 g/mol. The van der Waals surface area contributed by atoms with Crippen molar-refractivity contribution < 1.29 is 14.6 Å². The number of hydrogen-bond donors (Lipinski definition) is 1. The number of methoxy groups -OCH3 is 1. The molecule has 0 spiro atoms. The van der Waals surface area contributed by atoms with E-state index >= 15 is 0 Å². The van der Waals surface area contributed by atoms with Gasteiger partial charge in [-0.2, -0.15) is 5.10 Å². The van der Waals surface area contributed by atoms with Crippen LogP contribution in [-0.4, -0.2) is 37.5 Å². The van der Waals surface area contributed by atoms with Gasteiger partial charge in [-0.05, 0) is 11.6 Å². The van der Waals surface area contributed by atoms with Crippen LogP contribution < -0.4 is 5.56 Å². The highest BCUT2D eigenvalue weighted by molar-refractivity contribution is 5.99. The Balaban J connectivity index is 2.03. The molecule has 0 aliphatic heterocycles. The number of pyridine rings is 2. The second kappa shape index (κ2) is 7.23. The number of fused-ring (bicyclic) bond motifs is 1. The molecule has 0 fully saturated rings. The van der Waals surface area contributed by atoms with Crippen LogP contribution in [0, 0.1) is 0 Å². The van der Waals surface area contributed by atoms with Gasteiger partial charge in [0.25, 0.3) is 5.56 Å². The number of hydrogen-bond acceptors (Lipinski definition) is 6. The van der Waals surface area contributed by atoms with E-state index < -0.39 is 5.97 Å². The van der Waals surface area contributed by atoms with Crippen molar-refractivity contribution in [2.45, 2.75) is 6.54 Å². The van der Waals surface area contributed by atoms with E-state index in [4.69, 9.17) is 4.74 Å². The van der Waals surface area contributed by atoms with Crippen LogP contribution >= 0.6 is 0 Å². The number of carbonyl (C=O) groups excluding carboxylic acids is 1. The van der Waals surface area contributed by atoms with Gasteiger partial charge in [0.15, 0.2) is 11.4 Å². The molecular weight excluding hydrogens is 372 g/mol. The molecular formula is C21H18N4O4. The zero-order chi connectivity index (χ0) is 20.5. The third-order valence-electron chi connectivity index (χ3n) is 4.70. The SMILES string of the molecule is COC(=O)c1ncc2c(cc(-c3cnn(C)c3)c(=O)n2Cc2ccccc2)c1O. The number of aromatic nitrogens is 4. The van der Waals surface area contributed by atoms with E-state index in [1.807, 2.05) is 30.3 Å². The highest BCUT2D eigenvalue weighted by Crippen LogP contribution is 2.30. The van der Waals surface area contributed by atoms with Gasteiger partial charge in [-0.25, -0.2) is 9.78 Å². The predicted octanol–water partition coefficient (Wildman–Crippen LogP) is 2.34. The highest BCUT2D eigenvalue weighted by atomic mass is 16.5. The maximum Gasteiger partial charge on any atom is 0.360 e. The fourth-order valence-electron chi connectivity index (χ4n) is 3.26. The fourth-order valence-corrected chi connectivity index (χ4v) is 3.26. The highest BCUT2D eigenvalue weighted by Gasteiger charge is 2.21. The quantitative estimate of drug-likeness (QED) is 0.537. The van der Waals surface area contributed by atoms with E-state index in [-0.39, 0.29) is 23.5 Å². The number of rotatable bonds is 4. The Kier molecular flexibility index (Phi) is 4.59. The van der Waals surface area contributed by atoms with Gasteiger partial charge in [0.2, 0.25) is 0 Å². The Bertz CT molecular complexity index is 1280. The first-order chi connectivity index (χ1) is 14.0. The van der Waals surface area contributed by atoms with Gasteiger partial charge in [-0.3, -0.25) is 9.48 Å². The molecule has 1 N–H and O–H groups in total. The normalized spacial score (nSPS) is 11.0. The summed E-state index contributed by atoms with van der Waals surface area (Å²) in [5.41, 5.74) is 1.84. The molecule has 0 bridgehead atoms. The smallest absolute Gasteiger partial charge is 0.360 e. The number of nitrogens with zero attached hydrogens (tertiary/aromatic N) is 4. The number of aryl methyl sites for hydroxylation is 1. The lowest BCUT2D eigenvalue weighted by molar-refractivity contribution is 0.0591. The van der Waals surface area contributed by atoms with E-state index in [2.05, 4.69) is 10.1 Å². The number of ether oxygens (including phenoxy) is 1. The molecule has 0 radical (unpaired) electrons. The van der Waals surface area contributed by atoms with E-state index in [0.717, 1.165) is 5.56 Å². The molecule has 0 atom stereocenters. The molecule has 0 amide bonds. The summed E-state index contributed by atoms with van der Waals surface area (Å²) in [6, 6.07) is 11.0. The van der Waals surface area contributed by atoms with Crippen molar-refractivity contribution in [3.63, 3.8) is 0 Å². The molecule has 1 aromatic carbocycles. The molecule has 4 rings (SSSR count). The molecule has 0 unspecified atom stereocenters. The van der Waals surface area contributed by atoms with Gasteiger partial charge in [-0.1, -0.05) is 30.3 Å². The summed E-state index contributed by atoms with van der Waals surface area (Å²) in [6.45, 7) is 0.281. The molecule has 0 saturated carbocycles. The van der Waals surface area contributed by atoms with Gasteiger partial charge in [0.1, 0.15) is 0 Å². The maximum atomic E-state index is 13.3. The molecule has 8 nitrogen and oxygen atoms in total. The molecule has 3 heterocycles. The molecule has 8 heteroatoms. The summed E-state index contributed by atoms with van der Waals surface area (Å²) in [5.74, 6) is -1.09. The Morgan fingerprint density at radius 1 is 1.21 bits per heavy atom. The van der Waals surface area contributed by atoms with Crippen LogP contribution in [-0.2, 0) is 18.3 Å². The van der Waals surface area contributed by atoms with Crippen LogP contribution in [0.25, 0.3) is 22.0 Å². The van der Waals surface area contributed by atoms with Crippen molar-refractivity contribution in [3.8, 4) is 16.9 Å². The zero-order valence-corrected chi connectivity index (χ0v) is 15.9. The minimum absolute atomic E-state index is 0.206. The molecule has 29 heavy (non-hydrogen) atoms. The summed E-state index contributed by atoms with van der Waals surface area (Å²) in [4.78, 5) is 29.3. The van der Waals surface area contributed by atoms with Crippen molar-refractivity contribution in [1.29, 1.82) is 0 Å². The van der Waals surface area contributed by atoms with Crippen molar-refractivity contribution in [1.82, 2.24) is 19.3 Å². The summed E-state index contributed by atoms with van der Waals surface area (Å²) in [7, 11) is 2.97. The van der Waals surface area contributed by atoms with E-state index in [9.17, 15) is 14.7 Å². The van der Waals surface area contributed by atoms with Crippen molar-refractivity contribution in [3.05, 3.63) is 76.6 Å². The lowest BCUT2D eigenvalue weighted by Gasteiger charge is -2.14. The number of esters is 1. The first kappa shape index (κ1) is 18.4. The van der Waals surface area contributed by atoms with E-state index in [1.54, 1.807) is 30.2 Å². The fraction of sp³-hybridized carbons (Fsp3) is 0.143. The summed E-state index contributed by atoms with van der Waals surface area (Å²) in [6.07, 6.45) is 4.70. The Labute approximate surface area is 165 Å². The Morgan fingerprint density at radius 3 is 2.62 bits per heavy atom. The van der Waals surface area contributed by atoms with Crippen molar-refractivity contribution in [2.24, 2.45) is 7.05 Å². The standard InChI is InChI=1S/C21H18N4O4/c1-24-12-14(9-23-24)15-8-16-17(10-22-18(19(16)26)21(28)29-2)25(20(15)27)11-13-6-4-3-5-7-13/h3-10,12,26H,11H2,1-2H3. The number of benzene rings is 1. The molecule has 3 aromatic heterocycles. The van der Waals surface area contributed by atoms with Crippen LogP contribution in [0.5, 0.6) is 5.75 Å². The van der Waals surface area contributed by atoms with Gasteiger partial charge in [0.05, 0.1) is 37.1 Å². The number of carbonyl (C=O) groups is 1. The second-order valence-corrected chi connectivity index (χ2v) is 6.58. The van der Waals surface area contributed by atoms with Crippen LogP contribution in [0.15, 0.2) is 59.8 Å². The summed E-state index contributed by atoms with van der Waals surface area (Å²) < 4.78 is 7.81. The third-order valence-corrected chi connectivity index (χ3v) is 4.70. The molecule has 4 aromatic rings. The molecule has 0 aliphatic carbocycles. The van der Waals surface area contributed by atoms with Crippen LogP contribution in [0.4, 0.5) is 0 Å². The Hall–Kier alpha value is -3.94. The lowest BCUT2D eigenvalue weighted by Crippen LogP contribution is -2.23. The van der Waals surface area contributed by atoms with Crippen molar-refractivity contribution in [2.75, 3.05) is 7.11 Å². The van der Waals surface area contributed by atoms with Crippen LogP contribution in [0.3, 0.4) is 0 Å². The molecule has 146 valence electrons. The average molecular weight is 390 g/mol. The second-order valence-electron chi connectivity index (χ2n) is 6.58. The van der Waals surface area contributed by atoms with Gasteiger partial charge < -0.3 is 14.4 Å². The Morgan fingerprint density at radius 2 is 1.97 bits per heavy atom. The molecule has 0 aliphatic rings. The summed E-state index contributed by atoms with van der Waals surface area (Å²) in [5, 5.41) is 15.2. The van der Waals surface area contributed by atoms with Gasteiger partial charge in [-0.15, -0.1) is 0 Å². The van der Waals surface area contributed by atoms with Crippen LogP contribution in [0.2, 0.25) is 0 Å². The topological polar surface area (TPSA) is 99.2 Å². The van der Waals surface area contributed by atoms with E-state index in [0.29, 0.717) is 22.0 Å².